The molecule has 0 amide bonds. The molecule has 2 rings (SSSR count). The first-order chi connectivity index (χ1) is 9.61. The zero-order chi connectivity index (χ0) is 14.5. The van der Waals surface area contributed by atoms with Crippen molar-refractivity contribution in [1.82, 2.24) is 0 Å². The molecule has 0 unspecified atom stereocenters. The summed E-state index contributed by atoms with van der Waals surface area (Å²) in [5, 5.41) is 4.33. The van der Waals surface area contributed by atoms with Gasteiger partial charge in [-0.3, -0.25) is 0 Å². The number of halogens is 2. The van der Waals surface area contributed by atoms with Crippen molar-refractivity contribution < 1.29 is 9.53 Å². The Labute approximate surface area is 127 Å². The molecule has 2 aromatic carbocycles. The monoisotopic (exact) mass is 309 g/mol. The summed E-state index contributed by atoms with van der Waals surface area (Å²) in [6, 6.07) is 12.5. The molecule has 0 heterocycles. The van der Waals surface area contributed by atoms with E-state index in [4.69, 9.17) is 23.2 Å². The molecule has 2 aromatic rings. The fraction of sp³-hybridized carbons (Fsp3) is 0.133. The number of benzene rings is 2. The van der Waals surface area contributed by atoms with Crippen molar-refractivity contribution in [2.45, 2.75) is 6.54 Å². The van der Waals surface area contributed by atoms with E-state index in [-0.39, 0.29) is 5.97 Å². The fourth-order valence-corrected chi connectivity index (χ4v) is 2.26. The Balaban J connectivity index is 2.06. The molecule has 104 valence electrons. The molecule has 0 bridgehead atoms. The predicted octanol–water partition coefficient (Wildman–Crippen LogP) is 4.39. The van der Waals surface area contributed by atoms with Gasteiger partial charge in [-0.05, 0) is 29.8 Å². The van der Waals surface area contributed by atoms with Gasteiger partial charge in [0.2, 0.25) is 0 Å². The molecule has 1 N–H and O–H groups in total. The minimum absolute atomic E-state index is 0.348. The molecule has 0 saturated heterocycles. The largest absolute Gasteiger partial charge is 0.465 e. The molecule has 0 radical (unpaired) electrons. The Morgan fingerprint density at radius 2 is 1.70 bits per heavy atom. The number of methoxy groups -OCH3 is 1. The van der Waals surface area contributed by atoms with E-state index in [2.05, 4.69) is 10.1 Å². The summed E-state index contributed by atoms with van der Waals surface area (Å²) in [6.45, 7) is 0.560. The van der Waals surface area contributed by atoms with Gasteiger partial charge in [0.1, 0.15) is 0 Å². The lowest BCUT2D eigenvalue weighted by Crippen LogP contribution is -2.03. The first kappa shape index (κ1) is 14.7. The maximum Gasteiger partial charge on any atom is 0.337 e. The molecule has 0 aromatic heterocycles. The highest BCUT2D eigenvalue weighted by Crippen LogP contribution is 2.30. The van der Waals surface area contributed by atoms with E-state index < -0.39 is 0 Å². The van der Waals surface area contributed by atoms with Crippen LogP contribution in [-0.4, -0.2) is 13.1 Å². The lowest BCUT2D eigenvalue weighted by atomic mass is 10.1. The second-order valence-corrected chi connectivity index (χ2v) is 4.95. The highest BCUT2D eigenvalue weighted by molar-refractivity contribution is 6.39. The van der Waals surface area contributed by atoms with E-state index >= 15 is 0 Å². The third-order valence-electron chi connectivity index (χ3n) is 2.81. The van der Waals surface area contributed by atoms with Gasteiger partial charge in [-0.25, -0.2) is 4.79 Å². The van der Waals surface area contributed by atoms with Gasteiger partial charge < -0.3 is 10.1 Å². The van der Waals surface area contributed by atoms with Gasteiger partial charge in [0.05, 0.1) is 28.4 Å². The second-order valence-electron chi connectivity index (χ2n) is 4.14. The van der Waals surface area contributed by atoms with Crippen molar-refractivity contribution in [3.05, 3.63) is 63.6 Å². The van der Waals surface area contributed by atoms with Crippen LogP contribution in [0.4, 0.5) is 5.69 Å². The van der Waals surface area contributed by atoms with E-state index in [0.29, 0.717) is 27.8 Å². The van der Waals surface area contributed by atoms with Crippen LogP contribution in [0.3, 0.4) is 0 Å². The number of esters is 1. The van der Waals surface area contributed by atoms with Gasteiger partial charge in [0.15, 0.2) is 0 Å². The number of hydrogen-bond donors (Lipinski definition) is 1. The molecule has 20 heavy (non-hydrogen) atoms. The molecule has 0 aliphatic rings. The molecular weight excluding hydrogens is 297 g/mol. The van der Waals surface area contributed by atoms with Crippen LogP contribution in [0.1, 0.15) is 15.9 Å². The van der Waals surface area contributed by atoms with E-state index in [1.807, 2.05) is 12.1 Å². The molecule has 0 saturated carbocycles. The summed E-state index contributed by atoms with van der Waals surface area (Å²) in [5.41, 5.74) is 2.23. The zero-order valence-corrected chi connectivity index (χ0v) is 12.3. The Bertz CT molecular complexity index is 592. The van der Waals surface area contributed by atoms with Crippen LogP contribution in [0.15, 0.2) is 42.5 Å². The van der Waals surface area contributed by atoms with Crippen LogP contribution in [0.5, 0.6) is 0 Å². The first-order valence-corrected chi connectivity index (χ1v) is 6.72. The average molecular weight is 310 g/mol. The average Bonchev–Trinajstić information content (AvgIpc) is 2.46. The van der Waals surface area contributed by atoms with Crippen molar-refractivity contribution in [2.24, 2.45) is 0 Å². The lowest BCUT2D eigenvalue weighted by Gasteiger charge is -2.10. The van der Waals surface area contributed by atoms with Crippen molar-refractivity contribution in [1.29, 1.82) is 0 Å². The molecule has 0 spiro atoms. The number of ether oxygens (including phenoxy) is 1. The van der Waals surface area contributed by atoms with Crippen LogP contribution in [-0.2, 0) is 11.3 Å². The van der Waals surface area contributed by atoms with Gasteiger partial charge in [0.25, 0.3) is 0 Å². The molecule has 0 aliphatic carbocycles. The number of para-hydroxylation sites is 1. The van der Waals surface area contributed by atoms with Crippen LogP contribution in [0.25, 0.3) is 0 Å². The quantitative estimate of drug-likeness (QED) is 0.851. The van der Waals surface area contributed by atoms with Crippen LogP contribution < -0.4 is 5.32 Å². The maximum absolute atomic E-state index is 11.3. The van der Waals surface area contributed by atoms with Gasteiger partial charge in [-0.1, -0.05) is 41.4 Å². The SMILES string of the molecule is COC(=O)c1ccc(CNc2c(Cl)cccc2Cl)cc1. The van der Waals surface area contributed by atoms with Gasteiger partial charge in [-0.15, -0.1) is 0 Å². The fourth-order valence-electron chi connectivity index (χ4n) is 1.73. The van der Waals surface area contributed by atoms with E-state index in [0.717, 1.165) is 5.56 Å². The smallest absolute Gasteiger partial charge is 0.337 e. The summed E-state index contributed by atoms with van der Waals surface area (Å²) in [7, 11) is 1.36. The topological polar surface area (TPSA) is 38.3 Å². The molecule has 0 fully saturated rings. The van der Waals surface area contributed by atoms with E-state index in [1.165, 1.54) is 7.11 Å². The minimum Gasteiger partial charge on any atom is -0.465 e. The van der Waals surface area contributed by atoms with Crippen molar-refractivity contribution in [3.63, 3.8) is 0 Å². The van der Waals surface area contributed by atoms with E-state index in [1.54, 1.807) is 30.3 Å². The number of carbonyl (C=O) groups is 1. The highest BCUT2D eigenvalue weighted by Gasteiger charge is 2.06. The van der Waals surface area contributed by atoms with Gasteiger partial charge in [-0.2, -0.15) is 0 Å². The standard InChI is InChI=1S/C15H13Cl2NO2/c1-20-15(19)11-7-5-10(6-8-11)9-18-14-12(16)3-2-4-13(14)17/h2-8,18H,9H2,1H3. The Hall–Kier alpha value is -1.71. The summed E-state index contributed by atoms with van der Waals surface area (Å²) in [5.74, 6) is -0.348. The van der Waals surface area contributed by atoms with Crippen molar-refractivity contribution in [2.75, 3.05) is 12.4 Å². The number of carbonyl (C=O) groups excluding carboxylic acids is 1. The van der Waals surface area contributed by atoms with Gasteiger partial charge >= 0.3 is 5.97 Å². The molecule has 0 atom stereocenters. The predicted molar refractivity (Wildman–Crippen MR) is 81.6 cm³/mol. The number of nitrogens with one attached hydrogen (secondary N) is 1. The second kappa shape index (κ2) is 6.64. The molecule has 0 aliphatic heterocycles. The van der Waals surface area contributed by atoms with Crippen LogP contribution in [0, 0.1) is 0 Å². The van der Waals surface area contributed by atoms with Crippen LogP contribution in [0.2, 0.25) is 10.0 Å². The molecule has 5 heteroatoms. The van der Waals surface area contributed by atoms with E-state index in [9.17, 15) is 4.79 Å². The Morgan fingerprint density at radius 1 is 1.10 bits per heavy atom. The summed E-state index contributed by atoms with van der Waals surface area (Å²) in [4.78, 5) is 11.3. The third kappa shape index (κ3) is 3.44. The highest BCUT2D eigenvalue weighted by atomic mass is 35.5. The summed E-state index contributed by atoms with van der Waals surface area (Å²) in [6.07, 6.45) is 0. The van der Waals surface area contributed by atoms with Crippen LogP contribution >= 0.6 is 23.2 Å². The van der Waals surface area contributed by atoms with Crippen molar-refractivity contribution in [3.8, 4) is 0 Å². The molecule has 3 nitrogen and oxygen atoms in total. The summed E-state index contributed by atoms with van der Waals surface area (Å²) >= 11 is 12.1. The third-order valence-corrected chi connectivity index (χ3v) is 3.44. The number of rotatable bonds is 4. The van der Waals surface area contributed by atoms with Gasteiger partial charge in [0, 0.05) is 6.54 Å². The Kier molecular flexibility index (Phi) is 4.88. The number of anilines is 1. The van der Waals surface area contributed by atoms with Crippen molar-refractivity contribution >= 4 is 34.9 Å². The normalized spacial score (nSPS) is 10.2. The maximum atomic E-state index is 11.3. The summed E-state index contributed by atoms with van der Waals surface area (Å²) < 4.78 is 4.65. The number of hydrogen-bond acceptors (Lipinski definition) is 3. The lowest BCUT2D eigenvalue weighted by molar-refractivity contribution is 0.0600. The first-order valence-electron chi connectivity index (χ1n) is 5.97. The molecular formula is C15H13Cl2NO2. The zero-order valence-electron chi connectivity index (χ0n) is 10.8. The minimum atomic E-state index is -0.348. The Morgan fingerprint density at radius 3 is 2.25 bits per heavy atom.